The number of allylic oxidation sites excluding steroid dienone is 3. The van der Waals surface area contributed by atoms with Crippen LogP contribution in [0.3, 0.4) is 0 Å². The Labute approximate surface area is 131 Å². The molecule has 0 saturated carbocycles. The predicted octanol–water partition coefficient (Wildman–Crippen LogP) is 5.68. The number of carbonyl (C=O) groups is 1. The fourth-order valence-electron chi connectivity index (χ4n) is 2.32. The summed E-state index contributed by atoms with van der Waals surface area (Å²) in [5.74, 6) is 1.22. The molecule has 0 radical (unpaired) electrons. The highest BCUT2D eigenvalue weighted by Gasteiger charge is 2.04. The molecule has 2 atom stereocenters. The first-order chi connectivity index (χ1) is 9.95. The lowest BCUT2D eigenvalue weighted by Gasteiger charge is -2.12. The minimum absolute atomic E-state index is 0.224. The van der Waals surface area contributed by atoms with Crippen LogP contribution in [0, 0.1) is 11.8 Å². The Bertz CT molecular complexity index is 324. The largest absolute Gasteiger partial charge is 0.463 e. The van der Waals surface area contributed by atoms with Gasteiger partial charge in [0.15, 0.2) is 0 Å². The summed E-state index contributed by atoms with van der Waals surface area (Å²) in [5.41, 5.74) is 1.42. The molecule has 0 aromatic carbocycles. The van der Waals surface area contributed by atoms with Crippen molar-refractivity contribution in [2.45, 2.75) is 73.1 Å². The lowest BCUT2D eigenvalue weighted by Crippen LogP contribution is -2.00. The number of hydrogen-bond donors (Lipinski definition) is 0. The van der Waals surface area contributed by atoms with E-state index in [1.165, 1.54) is 37.7 Å². The number of ether oxygens (including phenoxy) is 1. The third-order valence-corrected chi connectivity index (χ3v) is 3.68. The van der Waals surface area contributed by atoms with Gasteiger partial charge >= 0.3 is 5.97 Å². The molecule has 122 valence electrons. The van der Waals surface area contributed by atoms with Gasteiger partial charge in [-0.05, 0) is 51.9 Å². The van der Waals surface area contributed by atoms with Crippen molar-refractivity contribution in [3.8, 4) is 0 Å². The van der Waals surface area contributed by atoms with Crippen molar-refractivity contribution in [3.63, 3.8) is 0 Å². The van der Waals surface area contributed by atoms with Gasteiger partial charge in [-0.1, -0.05) is 50.8 Å². The maximum atomic E-state index is 11.2. The Kier molecular flexibility index (Phi) is 12.0. The number of hydrogen-bond acceptors (Lipinski definition) is 2. The Balaban J connectivity index is 3.67. The van der Waals surface area contributed by atoms with Crippen LogP contribution in [-0.4, -0.2) is 12.6 Å². The van der Waals surface area contributed by atoms with Gasteiger partial charge < -0.3 is 4.74 Å². The maximum absolute atomic E-state index is 11.2. The van der Waals surface area contributed by atoms with E-state index in [1.807, 2.05) is 13.0 Å². The zero-order chi connectivity index (χ0) is 16.1. The molecular formula is C19H34O2. The van der Waals surface area contributed by atoms with Crippen molar-refractivity contribution in [1.82, 2.24) is 0 Å². The molecule has 0 aromatic rings. The maximum Gasteiger partial charge on any atom is 0.330 e. The molecule has 0 aliphatic rings. The van der Waals surface area contributed by atoms with Gasteiger partial charge in [0.05, 0.1) is 6.61 Å². The summed E-state index contributed by atoms with van der Waals surface area (Å²) in [5, 5.41) is 0. The van der Waals surface area contributed by atoms with Crippen LogP contribution >= 0.6 is 0 Å². The molecule has 0 unspecified atom stereocenters. The van der Waals surface area contributed by atoms with Gasteiger partial charge in [-0.2, -0.15) is 0 Å². The van der Waals surface area contributed by atoms with Crippen molar-refractivity contribution < 1.29 is 9.53 Å². The lowest BCUT2D eigenvalue weighted by atomic mass is 9.94. The Morgan fingerprint density at radius 2 is 1.76 bits per heavy atom. The molecule has 0 rings (SSSR count). The van der Waals surface area contributed by atoms with Crippen molar-refractivity contribution in [3.05, 3.63) is 23.8 Å². The molecule has 2 nitrogen and oxygen atoms in total. The molecule has 21 heavy (non-hydrogen) atoms. The van der Waals surface area contributed by atoms with Gasteiger partial charge in [0.2, 0.25) is 0 Å². The van der Waals surface area contributed by atoms with Crippen LogP contribution in [0.1, 0.15) is 73.1 Å². The zero-order valence-corrected chi connectivity index (χ0v) is 14.7. The fraction of sp³-hybridized carbons (Fsp3) is 0.737. The van der Waals surface area contributed by atoms with E-state index in [1.54, 1.807) is 6.08 Å². The van der Waals surface area contributed by atoms with Crippen LogP contribution in [0.25, 0.3) is 0 Å². The SMILES string of the molecule is CCOC(=O)/C=C/C[C@H](C)CCC[C@H](C)CCC=C(C)C. The van der Waals surface area contributed by atoms with Crippen molar-refractivity contribution in [2.24, 2.45) is 11.8 Å². The van der Waals surface area contributed by atoms with E-state index in [0.29, 0.717) is 12.5 Å². The first kappa shape index (κ1) is 19.9. The van der Waals surface area contributed by atoms with E-state index in [2.05, 4.69) is 33.8 Å². The lowest BCUT2D eigenvalue weighted by molar-refractivity contribution is -0.137. The second-order valence-corrected chi connectivity index (χ2v) is 6.39. The average molecular weight is 294 g/mol. The molecule has 0 spiro atoms. The monoisotopic (exact) mass is 294 g/mol. The van der Waals surface area contributed by atoms with Gasteiger partial charge in [0, 0.05) is 6.08 Å². The first-order valence-corrected chi connectivity index (χ1v) is 8.42. The summed E-state index contributed by atoms with van der Waals surface area (Å²) in [4.78, 5) is 11.2. The second-order valence-electron chi connectivity index (χ2n) is 6.39. The fourth-order valence-corrected chi connectivity index (χ4v) is 2.32. The molecule has 0 bridgehead atoms. The summed E-state index contributed by atoms with van der Waals surface area (Å²) in [6.07, 6.45) is 13.1. The molecule has 0 amide bonds. The van der Waals surface area contributed by atoms with Crippen molar-refractivity contribution >= 4 is 5.97 Å². The van der Waals surface area contributed by atoms with Crippen LogP contribution in [0.2, 0.25) is 0 Å². The highest BCUT2D eigenvalue weighted by Crippen LogP contribution is 2.19. The summed E-state index contributed by atoms with van der Waals surface area (Å²) in [7, 11) is 0. The minimum atomic E-state index is -0.224. The van der Waals surface area contributed by atoms with Crippen LogP contribution < -0.4 is 0 Å². The van der Waals surface area contributed by atoms with Gasteiger partial charge in [-0.25, -0.2) is 4.79 Å². The van der Waals surface area contributed by atoms with Gasteiger partial charge in [0.1, 0.15) is 0 Å². The van der Waals surface area contributed by atoms with Gasteiger partial charge in [-0.3, -0.25) is 0 Å². The summed E-state index contributed by atoms with van der Waals surface area (Å²) in [6, 6.07) is 0. The second kappa shape index (κ2) is 12.7. The highest BCUT2D eigenvalue weighted by atomic mass is 16.5. The smallest absolute Gasteiger partial charge is 0.330 e. The van der Waals surface area contributed by atoms with Crippen LogP contribution in [0.15, 0.2) is 23.8 Å². The van der Waals surface area contributed by atoms with E-state index >= 15 is 0 Å². The number of rotatable bonds is 11. The van der Waals surface area contributed by atoms with Crippen LogP contribution in [0.4, 0.5) is 0 Å². The van der Waals surface area contributed by atoms with Crippen LogP contribution in [0.5, 0.6) is 0 Å². The van der Waals surface area contributed by atoms with E-state index in [-0.39, 0.29) is 5.97 Å². The summed E-state index contributed by atoms with van der Waals surface area (Å²) >= 11 is 0. The van der Waals surface area contributed by atoms with Crippen LogP contribution in [-0.2, 0) is 9.53 Å². The number of esters is 1. The molecule has 0 aliphatic heterocycles. The normalized spacial score (nSPS) is 14.0. The Morgan fingerprint density at radius 3 is 2.38 bits per heavy atom. The summed E-state index contributed by atoms with van der Waals surface area (Å²) < 4.78 is 4.86. The molecule has 0 fully saturated rings. The van der Waals surface area contributed by atoms with E-state index in [4.69, 9.17) is 4.74 Å². The number of carbonyl (C=O) groups excluding carboxylic acids is 1. The first-order valence-electron chi connectivity index (χ1n) is 8.42. The standard InChI is InChI=1S/C19H34O2/c1-6-21-19(20)15-9-14-18(5)13-8-12-17(4)11-7-10-16(2)3/h9-10,15,17-18H,6-8,11-14H2,1-5H3/b15-9+/t17-,18-/m1/s1. The third-order valence-electron chi connectivity index (χ3n) is 3.68. The van der Waals surface area contributed by atoms with Crippen molar-refractivity contribution in [1.29, 1.82) is 0 Å². The predicted molar refractivity (Wildman–Crippen MR) is 91.2 cm³/mol. The Hall–Kier alpha value is -1.05. The zero-order valence-electron chi connectivity index (χ0n) is 14.7. The summed E-state index contributed by atoms with van der Waals surface area (Å²) in [6.45, 7) is 11.2. The van der Waals surface area contributed by atoms with Gasteiger partial charge in [0.25, 0.3) is 0 Å². The van der Waals surface area contributed by atoms with E-state index in [9.17, 15) is 4.79 Å². The minimum Gasteiger partial charge on any atom is -0.463 e. The Morgan fingerprint density at radius 1 is 1.10 bits per heavy atom. The average Bonchev–Trinajstić information content (AvgIpc) is 2.38. The topological polar surface area (TPSA) is 26.3 Å². The molecule has 0 heterocycles. The molecule has 0 saturated heterocycles. The molecule has 2 heteroatoms. The quantitative estimate of drug-likeness (QED) is 0.278. The third kappa shape index (κ3) is 13.7. The molecule has 0 aliphatic carbocycles. The molecule has 0 aromatic heterocycles. The molecular weight excluding hydrogens is 260 g/mol. The van der Waals surface area contributed by atoms with Crippen molar-refractivity contribution in [2.75, 3.05) is 6.61 Å². The molecule has 0 N–H and O–H groups in total. The highest BCUT2D eigenvalue weighted by molar-refractivity contribution is 5.81. The van der Waals surface area contributed by atoms with E-state index < -0.39 is 0 Å². The van der Waals surface area contributed by atoms with Gasteiger partial charge in [-0.15, -0.1) is 0 Å². The van der Waals surface area contributed by atoms with E-state index in [0.717, 1.165) is 12.3 Å².